The summed E-state index contributed by atoms with van der Waals surface area (Å²) in [6.45, 7) is -0.0695. The van der Waals surface area contributed by atoms with Gasteiger partial charge in [0, 0.05) is 13.0 Å². The third-order valence-corrected chi connectivity index (χ3v) is 4.36. The predicted octanol–water partition coefficient (Wildman–Crippen LogP) is 0.685. The fourth-order valence-corrected chi connectivity index (χ4v) is 2.89. The Hall–Kier alpha value is -2.07. The SMILES string of the molecule is COC(=O)c1c(F)ccc(S(=O)(=O)NCCCCC(N)=O)c1F. The van der Waals surface area contributed by atoms with Crippen LogP contribution in [0.3, 0.4) is 0 Å². The van der Waals surface area contributed by atoms with E-state index in [1.54, 1.807) is 0 Å². The number of amides is 1. The van der Waals surface area contributed by atoms with Gasteiger partial charge in [0.2, 0.25) is 15.9 Å². The second-order valence-corrected chi connectivity index (χ2v) is 6.28. The third kappa shape index (κ3) is 4.96. The third-order valence-electron chi connectivity index (χ3n) is 2.88. The van der Waals surface area contributed by atoms with Crippen molar-refractivity contribution in [2.45, 2.75) is 24.2 Å². The first-order valence-electron chi connectivity index (χ1n) is 6.55. The molecule has 1 aromatic rings. The number of carbonyl (C=O) groups excluding carboxylic acids is 2. The summed E-state index contributed by atoms with van der Waals surface area (Å²) in [6, 6.07) is 1.37. The van der Waals surface area contributed by atoms with E-state index >= 15 is 0 Å². The Morgan fingerprint density at radius 2 is 1.91 bits per heavy atom. The molecule has 0 aliphatic carbocycles. The highest BCUT2D eigenvalue weighted by Gasteiger charge is 2.27. The minimum Gasteiger partial charge on any atom is -0.465 e. The van der Waals surface area contributed by atoms with E-state index in [1.807, 2.05) is 0 Å². The molecule has 0 bridgehead atoms. The number of methoxy groups -OCH3 is 1. The molecular weight excluding hydrogens is 334 g/mol. The summed E-state index contributed by atoms with van der Waals surface area (Å²) in [7, 11) is -3.37. The van der Waals surface area contributed by atoms with E-state index in [0.29, 0.717) is 25.0 Å². The molecule has 7 nitrogen and oxygen atoms in total. The molecule has 0 aromatic heterocycles. The molecule has 0 unspecified atom stereocenters. The van der Waals surface area contributed by atoms with Gasteiger partial charge in [-0.15, -0.1) is 0 Å². The van der Waals surface area contributed by atoms with E-state index in [2.05, 4.69) is 9.46 Å². The number of unbranched alkanes of at least 4 members (excludes halogenated alkanes) is 1. The highest BCUT2D eigenvalue weighted by Crippen LogP contribution is 2.21. The van der Waals surface area contributed by atoms with Crippen molar-refractivity contribution in [3.8, 4) is 0 Å². The van der Waals surface area contributed by atoms with Crippen LogP contribution >= 0.6 is 0 Å². The average molecular weight is 350 g/mol. The van der Waals surface area contributed by atoms with Crippen LogP contribution in [0.4, 0.5) is 8.78 Å². The smallest absolute Gasteiger partial charge is 0.343 e. The molecule has 23 heavy (non-hydrogen) atoms. The van der Waals surface area contributed by atoms with Crippen LogP contribution in [0, 0.1) is 11.6 Å². The number of nitrogens with two attached hydrogens (primary N) is 1. The second kappa shape index (κ2) is 7.97. The molecule has 0 saturated heterocycles. The van der Waals surface area contributed by atoms with Gasteiger partial charge in [-0.3, -0.25) is 4.79 Å². The molecule has 1 aromatic carbocycles. The van der Waals surface area contributed by atoms with E-state index < -0.39 is 44.0 Å². The zero-order valence-electron chi connectivity index (χ0n) is 12.3. The minimum atomic E-state index is -4.29. The van der Waals surface area contributed by atoms with Gasteiger partial charge >= 0.3 is 5.97 Å². The maximum absolute atomic E-state index is 14.1. The molecule has 3 N–H and O–H groups in total. The van der Waals surface area contributed by atoms with E-state index in [0.717, 1.165) is 7.11 Å². The van der Waals surface area contributed by atoms with Gasteiger partial charge in [-0.25, -0.2) is 26.7 Å². The average Bonchev–Trinajstić information content (AvgIpc) is 2.45. The Balaban J connectivity index is 2.92. The van der Waals surface area contributed by atoms with Gasteiger partial charge in [0.25, 0.3) is 0 Å². The quantitative estimate of drug-likeness (QED) is 0.528. The number of benzene rings is 1. The first kappa shape index (κ1) is 19.0. The number of sulfonamides is 1. The molecule has 0 fully saturated rings. The lowest BCUT2D eigenvalue weighted by Crippen LogP contribution is -2.27. The van der Waals surface area contributed by atoms with Gasteiger partial charge in [0.1, 0.15) is 16.3 Å². The van der Waals surface area contributed by atoms with Gasteiger partial charge in [-0.1, -0.05) is 0 Å². The summed E-state index contributed by atoms with van der Waals surface area (Å²) >= 11 is 0. The summed E-state index contributed by atoms with van der Waals surface area (Å²) in [5.74, 6) is -4.59. The summed E-state index contributed by atoms with van der Waals surface area (Å²) in [5.41, 5.74) is 3.86. The molecule has 10 heteroatoms. The Morgan fingerprint density at radius 3 is 2.48 bits per heavy atom. The number of ether oxygens (including phenoxy) is 1. The minimum absolute atomic E-state index is 0.0695. The monoisotopic (exact) mass is 350 g/mol. The number of primary amides is 1. The number of rotatable bonds is 8. The van der Waals surface area contributed by atoms with Crippen molar-refractivity contribution in [2.75, 3.05) is 13.7 Å². The van der Waals surface area contributed by atoms with Crippen LogP contribution in [0.25, 0.3) is 0 Å². The topological polar surface area (TPSA) is 116 Å². The second-order valence-electron chi connectivity index (χ2n) is 4.55. The Bertz CT molecular complexity index is 707. The lowest BCUT2D eigenvalue weighted by atomic mass is 10.2. The van der Waals surface area contributed by atoms with Gasteiger partial charge in [-0.2, -0.15) is 0 Å². The summed E-state index contributed by atoms with van der Waals surface area (Å²) in [6.07, 6.45) is 0.755. The van der Waals surface area contributed by atoms with Crippen LogP contribution in [0.1, 0.15) is 29.6 Å². The van der Waals surface area contributed by atoms with Crippen molar-refractivity contribution in [2.24, 2.45) is 5.73 Å². The van der Waals surface area contributed by atoms with E-state index in [1.165, 1.54) is 0 Å². The van der Waals surface area contributed by atoms with Crippen LogP contribution in [0.15, 0.2) is 17.0 Å². The van der Waals surface area contributed by atoms with E-state index in [4.69, 9.17) is 5.73 Å². The predicted molar refractivity (Wildman–Crippen MR) is 75.9 cm³/mol. The van der Waals surface area contributed by atoms with Crippen LogP contribution in [-0.4, -0.2) is 33.9 Å². The van der Waals surface area contributed by atoms with Crippen molar-refractivity contribution < 1.29 is 31.5 Å². The maximum Gasteiger partial charge on any atom is 0.343 e. The van der Waals surface area contributed by atoms with Crippen LogP contribution in [0.5, 0.6) is 0 Å². The first-order valence-corrected chi connectivity index (χ1v) is 8.03. The highest BCUT2D eigenvalue weighted by atomic mass is 32.2. The fourth-order valence-electron chi connectivity index (χ4n) is 1.74. The number of nitrogens with one attached hydrogen (secondary N) is 1. The standard InChI is InChI=1S/C13H16F2N2O5S/c1-22-13(19)11-8(14)5-6-9(12(11)15)23(20,21)17-7-3-2-4-10(16)18/h5-6,17H,2-4,7H2,1H3,(H2,16,18). The number of hydrogen-bond donors (Lipinski definition) is 2. The first-order chi connectivity index (χ1) is 10.7. The normalized spacial score (nSPS) is 11.3. The van der Waals surface area contributed by atoms with E-state index in [9.17, 15) is 26.8 Å². The van der Waals surface area contributed by atoms with Gasteiger partial charge in [0.05, 0.1) is 7.11 Å². The summed E-state index contributed by atoms with van der Waals surface area (Å²) in [5, 5.41) is 0. The molecule has 128 valence electrons. The van der Waals surface area contributed by atoms with Crippen LogP contribution in [0.2, 0.25) is 0 Å². The molecule has 0 atom stereocenters. The van der Waals surface area contributed by atoms with Gasteiger partial charge in [0.15, 0.2) is 5.82 Å². The number of hydrogen-bond acceptors (Lipinski definition) is 5. The van der Waals surface area contributed by atoms with Gasteiger partial charge < -0.3 is 10.5 Å². The maximum atomic E-state index is 14.1. The fraction of sp³-hybridized carbons (Fsp3) is 0.385. The molecule has 1 rings (SSSR count). The van der Waals surface area contributed by atoms with Gasteiger partial charge in [-0.05, 0) is 25.0 Å². The number of halogens is 2. The number of carbonyl (C=O) groups is 2. The lowest BCUT2D eigenvalue weighted by Gasteiger charge is -2.10. The van der Waals surface area contributed by atoms with Crippen molar-refractivity contribution >= 4 is 21.9 Å². The molecule has 0 saturated carbocycles. The van der Waals surface area contributed by atoms with Crippen LogP contribution in [-0.2, 0) is 19.6 Å². The molecule has 0 aliphatic rings. The zero-order valence-corrected chi connectivity index (χ0v) is 13.1. The van der Waals surface area contributed by atoms with Crippen molar-refractivity contribution in [1.29, 1.82) is 0 Å². The van der Waals surface area contributed by atoms with E-state index in [-0.39, 0.29) is 13.0 Å². The molecule has 0 spiro atoms. The summed E-state index contributed by atoms with van der Waals surface area (Å²) < 4.78 is 57.9. The Morgan fingerprint density at radius 1 is 1.26 bits per heavy atom. The van der Waals surface area contributed by atoms with Crippen molar-refractivity contribution in [1.82, 2.24) is 4.72 Å². The highest BCUT2D eigenvalue weighted by molar-refractivity contribution is 7.89. The Labute approximate surface area is 131 Å². The summed E-state index contributed by atoms with van der Waals surface area (Å²) in [4.78, 5) is 21.0. The lowest BCUT2D eigenvalue weighted by molar-refractivity contribution is -0.118. The Kier molecular flexibility index (Phi) is 6.58. The van der Waals surface area contributed by atoms with Crippen molar-refractivity contribution in [3.05, 3.63) is 29.3 Å². The molecule has 0 radical (unpaired) electrons. The molecule has 1 amide bonds. The van der Waals surface area contributed by atoms with Crippen molar-refractivity contribution in [3.63, 3.8) is 0 Å². The van der Waals surface area contributed by atoms with Crippen LogP contribution < -0.4 is 10.5 Å². The largest absolute Gasteiger partial charge is 0.465 e. The molecule has 0 aliphatic heterocycles. The molecule has 0 heterocycles. The zero-order chi connectivity index (χ0) is 17.6. The molecular formula is C13H16F2N2O5S. The number of esters is 1.